The Kier molecular flexibility index (Phi) is 8.20. The zero-order chi connectivity index (χ0) is 40.8. The number of aromatic nitrogens is 4. The fourth-order valence-corrected chi connectivity index (χ4v) is 9.03. The topological polar surface area (TPSA) is 175 Å². The summed E-state index contributed by atoms with van der Waals surface area (Å²) in [5.41, 5.74) is 1.82. The van der Waals surface area contributed by atoms with Crippen LogP contribution in [0.15, 0.2) is 82.4 Å². The number of fused-ring (bicyclic) bond motifs is 10. The molecule has 0 radical (unpaired) electrons. The van der Waals surface area contributed by atoms with Gasteiger partial charge in [-0.05, 0) is 55.7 Å². The molecule has 14 nitrogen and oxygen atoms in total. The van der Waals surface area contributed by atoms with Crippen molar-refractivity contribution in [2.24, 2.45) is 0 Å². The Morgan fingerprint density at radius 2 is 1.07 bits per heavy atom. The van der Waals surface area contributed by atoms with E-state index in [1.54, 1.807) is 35.1 Å². The second-order valence-corrected chi connectivity index (χ2v) is 15.3. The van der Waals surface area contributed by atoms with Crippen molar-refractivity contribution in [2.75, 3.05) is 0 Å². The zero-order valence-electron chi connectivity index (χ0n) is 32.2. The molecule has 2 aromatic carbocycles. The average molecular weight is 793 g/mol. The monoisotopic (exact) mass is 792 g/mol. The third kappa shape index (κ3) is 5.38. The number of carbonyl (C=O) groups is 4. The van der Waals surface area contributed by atoms with E-state index < -0.39 is 35.1 Å². The number of rotatable bonds is 8. The standard InChI is InChI=1S/C45H36N4O10/c1-3-44(30-18-34-38-26(16-24-10-5-7-12-32(24)46-38)20-48(34)40(52)28(30)22-56-42(44)54)58-36(50)14-9-15-37(51)59-45(4-2)31-19-35-39-27(17-25-11-6-8-13-33(25)47-39)21-49(35)41(53)29(31)23-57-43(45)55/h5-8,10-13,16-19H,3-4,9,14-15,20-23H2,1-2H3. The number of esters is 4. The highest BCUT2D eigenvalue weighted by Crippen LogP contribution is 2.43. The fraction of sp³-hybridized carbons (Fsp3) is 0.289. The van der Waals surface area contributed by atoms with Gasteiger partial charge >= 0.3 is 23.9 Å². The van der Waals surface area contributed by atoms with Gasteiger partial charge in [-0.25, -0.2) is 19.6 Å². The minimum absolute atomic E-state index is 0.0199. The molecule has 0 spiro atoms. The maximum absolute atomic E-state index is 13.9. The highest BCUT2D eigenvalue weighted by molar-refractivity contribution is 5.90. The van der Waals surface area contributed by atoms with Gasteiger partial charge < -0.3 is 28.1 Å². The Labute approximate surface area is 335 Å². The molecule has 6 aromatic rings. The summed E-state index contributed by atoms with van der Waals surface area (Å²) in [6.07, 6.45) is -0.701. The van der Waals surface area contributed by atoms with E-state index >= 15 is 0 Å². The van der Waals surface area contributed by atoms with Crippen molar-refractivity contribution in [2.45, 2.75) is 83.5 Å². The summed E-state index contributed by atoms with van der Waals surface area (Å²) in [5, 5.41) is 1.86. The van der Waals surface area contributed by atoms with E-state index in [1.165, 1.54) is 0 Å². The van der Waals surface area contributed by atoms with Crippen LogP contribution in [-0.2, 0) is 75.6 Å². The molecule has 0 saturated heterocycles. The maximum Gasteiger partial charge on any atom is 0.355 e. The Balaban J connectivity index is 0.886. The maximum atomic E-state index is 13.9. The predicted molar refractivity (Wildman–Crippen MR) is 211 cm³/mol. The van der Waals surface area contributed by atoms with Crippen LogP contribution in [0, 0.1) is 0 Å². The van der Waals surface area contributed by atoms with Crippen molar-refractivity contribution in [1.82, 2.24) is 19.1 Å². The molecule has 4 aromatic heterocycles. The number of nitrogens with zero attached hydrogens (tertiary/aromatic N) is 4. The summed E-state index contributed by atoms with van der Waals surface area (Å²) in [5.74, 6) is -3.21. The predicted octanol–water partition coefficient (Wildman–Crippen LogP) is 5.44. The van der Waals surface area contributed by atoms with Gasteiger partial charge in [0, 0.05) is 45.9 Å². The molecule has 10 rings (SSSR count). The molecule has 0 aliphatic carbocycles. The molecular weight excluding hydrogens is 757 g/mol. The molecule has 14 heteroatoms. The molecule has 0 fully saturated rings. The lowest BCUT2D eigenvalue weighted by molar-refractivity contribution is -0.191. The summed E-state index contributed by atoms with van der Waals surface area (Å²) in [6.45, 7) is 3.36. The first-order valence-corrected chi connectivity index (χ1v) is 19.7. The van der Waals surface area contributed by atoms with Crippen LogP contribution in [0.25, 0.3) is 44.6 Å². The van der Waals surface area contributed by atoms with Crippen molar-refractivity contribution in [3.63, 3.8) is 0 Å². The summed E-state index contributed by atoms with van der Waals surface area (Å²) in [4.78, 5) is 91.6. The third-order valence-electron chi connectivity index (χ3n) is 12.1. The van der Waals surface area contributed by atoms with Crippen molar-refractivity contribution in [1.29, 1.82) is 0 Å². The average Bonchev–Trinajstić information content (AvgIpc) is 3.79. The van der Waals surface area contributed by atoms with Gasteiger partial charge in [-0.3, -0.25) is 19.2 Å². The smallest absolute Gasteiger partial charge is 0.355 e. The molecule has 2 unspecified atom stereocenters. The molecule has 0 N–H and O–H groups in total. The van der Waals surface area contributed by atoms with Gasteiger partial charge in [-0.1, -0.05) is 50.2 Å². The van der Waals surface area contributed by atoms with Gasteiger partial charge in [-0.2, -0.15) is 0 Å². The first-order chi connectivity index (χ1) is 28.5. The van der Waals surface area contributed by atoms with Crippen molar-refractivity contribution >= 4 is 45.7 Å². The van der Waals surface area contributed by atoms with Gasteiger partial charge in [0.05, 0.1) is 58.0 Å². The van der Waals surface area contributed by atoms with Crippen LogP contribution in [0.2, 0.25) is 0 Å². The Hall–Kier alpha value is -6.96. The third-order valence-corrected chi connectivity index (χ3v) is 12.1. The second-order valence-electron chi connectivity index (χ2n) is 15.3. The number of ether oxygens (including phenoxy) is 4. The molecule has 2 atom stereocenters. The highest BCUT2D eigenvalue weighted by atomic mass is 16.6. The van der Waals surface area contributed by atoms with Crippen LogP contribution >= 0.6 is 0 Å². The molecule has 59 heavy (non-hydrogen) atoms. The van der Waals surface area contributed by atoms with Gasteiger partial charge in [-0.15, -0.1) is 0 Å². The number of hydrogen-bond donors (Lipinski definition) is 0. The summed E-state index contributed by atoms with van der Waals surface area (Å²) in [6, 6.07) is 22.6. The van der Waals surface area contributed by atoms with E-state index in [9.17, 15) is 28.8 Å². The summed E-state index contributed by atoms with van der Waals surface area (Å²) in [7, 11) is 0. The Morgan fingerprint density at radius 1 is 0.644 bits per heavy atom. The number of carbonyl (C=O) groups excluding carboxylic acids is 4. The van der Waals surface area contributed by atoms with Crippen LogP contribution in [0.1, 0.15) is 79.3 Å². The van der Waals surface area contributed by atoms with Crippen molar-refractivity contribution in [3.05, 3.63) is 127 Å². The lowest BCUT2D eigenvalue weighted by Crippen LogP contribution is -2.47. The molecule has 8 heterocycles. The Morgan fingerprint density at radius 3 is 1.49 bits per heavy atom. The highest BCUT2D eigenvalue weighted by Gasteiger charge is 2.52. The van der Waals surface area contributed by atoms with Gasteiger partial charge in [0.1, 0.15) is 13.2 Å². The molecule has 4 aliphatic heterocycles. The van der Waals surface area contributed by atoms with E-state index in [1.807, 2.05) is 60.7 Å². The first kappa shape index (κ1) is 36.4. The minimum Gasteiger partial charge on any atom is -0.457 e. The van der Waals surface area contributed by atoms with Crippen LogP contribution in [0.4, 0.5) is 0 Å². The lowest BCUT2D eigenvalue weighted by atomic mass is 9.85. The summed E-state index contributed by atoms with van der Waals surface area (Å²) >= 11 is 0. The quantitative estimate of drug-likeness (QED) is 0.141. The number of para-hydroxylation sites is 2. The van der Waals surface area contributed by atoms with Crippen molar-refractivity contribution < 1.29 is 38.1 Å². The normalized spacial score (nSPS) is 19.5. The van der Waals surface area contributed by atoms with E-state index in [-0.39, 0.29) is 78.7 Å². The van der Waals surface area contributed by atoms with E-state index in [0.717, 1.165) is 32.9 Å². The molecule has 4 aliphatic rings. The molecule has 296 valence electrons. The van der Waals surface area contributed by atoms with Gasteiger partial charge in [0.15, 0.2) is 0 Å². The van der Waals surface area contributed by atoms with Gasteiger partial charge in [0.25, 0.3) is 11.1 Å². The van der Waals surface area contributed by atoms with Gasteiger partial charge in [0.2, 0.25) is 11.2 Å². The SMILES string of the molecule is CCC1(OC(=O)CCCC(=O)OC2(CC)C(=O)OCc3c2cc2n(c3=O)Cc3cc4ccccc4nc3-2)C(=O)OCc2c1cc1n(c2=O)Cc2cc3ccccc3nc2-1. The van der Waals surface area contributed by atoms with Crippen LogP contribution < -0.4 is 11.1 Å². The largest absolute Gasteiger partial charge is 0.457 e. The zero-order valence-corrected chi connectivity index (χ0v) is 32.2. The van der Waals surface area contributed by atoms with Crippen LogP contribution in [0.5, 0.6) is 0 Å². The minimum atomic E-state index is -1.91. The fourth-order valence-electron chi connectivity index (χ4n) is 9.03. The van der Waals surface area contributed by atoms with E-state index in [2.05, 4.69) is 0 Å². The number of hydrogen-bond acceptors (Lipinski definition) is 12. The van der Waals surface area contributed by atoms with Crippen LogP contribution in [0.3, 0.4) is 0 Å². The second kappa shape index (κ2) is 13.3. The number of cyclic esters (lactones) is 2. The Bertz CT molecular complexity index is 2800. The van der Waals surface area contributed by atoms with E-state index in [0.29, 0.717) is 35.9 Å². The van der Waals surface area contributed by atoms with Crippen molar-refractivity contribution in [3.8, 4) is 22.8 Å². The van der Waals surface area contributed by atoms with E-state index in [4.69, 9.17) is 28.9 Å². The number of benzene rings is 2. The number of pyridine rings is 4. The molecule has 0 bridgehead atoms. The first-order valence-electron chi connectivity index (χ1n) is 19.7. The lowest BCUT2D eigenvalue weighted by Gasteiger charge is -2.36. The molecule has 0 saturated carbocycles. The molecule has 0 amide bonds. The molecular formula is C45H36N4O10. The van der Waals surface area contributed by atoms with Crippen LogP contribution in [-0.4, -0.2) is 43.0 Å². The summed E-state index contributed by atoms with van der Waals surface area (Å²) < 4.78 is 26.0.